The van der Waals surface area contributed by atoms with Crippen LogP contribution in [0.2, 0.25) is 0 Å². The predicted molar refractivity (Wildman–Crippen MR) is 310 cm³/mol. The molecule has 14 rings (SSSR count). The van der Waals surface area contributed by atoms with Crippen LogP contribution in [0, 0.1) is 35.5 Å². The van der Waals surface area contributed by atoms with E-state index in [0.29, 0.717) is 18.4 Å². The van der Waals surface area contributed by atoms with Crippen LogP contribution in [0.25, 0.3) is 11.1 Å². The Bertz CT molecular complexity index is 2650. The summed E-state index contributed by atoms with van der Waals surface area (Å²) in [5.41, 5.74) is 8.01. The Morgan fingerprint density at radius 3 is 1.53 bits per heavy atom. The number of para-hydroxylation sites is 2. The Labute approximate surface area is 458 Å². The maximum atomic E-state index is 10.7. The second kappa shape index (κ2) is 24.1. The Balaban J connectivity index is 0.000000123. The van der Waals surface area contributed by atoms with Crippen molar-refractivity contribution in [3.8, 4) is 28.4 Å². The van der Waals surface area contributed by atoms with E-state index in [0.717, 1.165) is 90.4 Å². The summed E-state index contributed by atoms with van der Waals surface area (Å²) >= 11 is 0. The zero-order chi connectivity index (χ0) is 51.4. The first-order valence-corrected chi connectivity index (χ1v) is 30.5. The van der Waals surface area contributed by atoms with Gasteiger partial charge in [0.2, 0.25) is 0 Å². The molecule has 11 atom stereocenters. The number of ether oxygens (including phenoxy) is 3. The van der Waals surface area contributed by atoms with E-state index in [-0.39, 0.29) is 13.4 Å². The van der Waals surface area contributed by atoms with Gasteiger partial charge in [0, 0.05) is 32.0 Å². The molecule has 0 radical (unpaired) electrons. The van der Waals surface area contributed by atoms with E-state index in [2.05, 4.69) is 118 Å². The van der Waals surface area contributed by atoms with Gasteiger partial charge in [-0.1, -0.05) is 122 Å². The largest absolute Gasteiger partial charge is 0.497 e. The SMILES string of the molecule is COc1cccc(-c2ccccc2C2CCN([C@H]3C[C@H]4CC[C@H]3C4)CC2)c1.COc1ccccc1[C@H]1CCN([C@H]2C[C@H]3CC[C@H]2C3)C[C@@H]1O.[HH].c1ccc(COc2ccccc2C2CCN([C@H]3C[C@H]4CC[C@H]3C4)CC2)cc1. The molecule has 76 heavy (non-hydrogen) atoms. The molecule has 6 bridgehead atoms. The van der Waals surface area contributed by atoms with E-state index in [9.17, 15) is 5.11 Å². The van der Waals surface area contributed by atoms with Gasteiger partial charge in [-0.3, -0.25) is 4.90 Å². The second-order valence-electron chi connectivity index (χ2n) is 25.2. The third-order valence-electron chi connectivity index (χ3n) is 21.1. The highest BCUT2D eigenvalue weighted by molar-refractivity contribution is 5.69. The monoisotopic (exact) mass is 1030 g/mol. The lowest BCUT2D eigenvalue weighted by molar-refractivity contribution is 0.0155. The van der Waals surface area contributed by atoms with Gasteiger partial charge >= 0.3 is 0 Å². The van der Waals surface area contributed by atoms with Gasteiger partial charge in [-0.25, -0.2) is 0 Å². The average molecular weight is 1030 g/mol. The van der Waals surface area contributed by atoms with Crippen LogP contribution in [-0.2, 0) is 6.61 Å². The van der Waals surface area contributed by atoms with Crippen molar-refractivity contribution >= 4 is 0 Å². The Morgan fingerprint density at radius 2 is 0.974 bits per heavy atom. The average Bonchev–Trinajstić information content (AvgIpc) is 4.41. The standard InChI is InChI=1S/2C25H31NO.C19H27NO2.H2/c1-27-22-6-4-5-20(17-22)24-8-3-2-7-23(24)19-11-13-26(14-12-19)25-16-18-9-10-21(25)15-18;1-2-6-19(7-3-1)18-27-25-9-5-4-8-23(25)21-12-14-26(15-13-21)24-17-20-10-11-22(24)16-20;1-22-19-5-3-2-4-16(19)15-8-9-20(12-18(15)21)17-11-13-6-7-14(17)10-13;/h2-8,17-19,21,25H,9-16H2,1H3;1-9,20-22,24H,10-18H2;2-5,13-15,17-18,21H,6-12H2,1H3;1H/t18-,21-,25-;20-,22-,24-;13-,14-,15+,17-,18-;/m000./s1. The zero-order valence-electron chi connectivity index (χ0n) is 46.1. The summed E-state index contributed by atoms with van der Waals surface area (Å²) in [6.45, 7) is 7.71. The van der Waals surface area contributed by atoms with Crippen molar-refractivity contribution in [3.63, 3.8) is 0 Å². The zero-order valence-corrected chi connectivity index (χ0v) is 46.1. The molecule has 9 fully saturated rings. The third kappa shape index (κ3) is 11.6. The molecule has 3 saturated heterocycles. The maximum Gasteiger partial charge on any atom is 0.123 e. The van der Waals surface area contributed by atoms with Gasteiger partial charge in [-0.15, -0.1) is 0 Å². The number of aliphatic hydroxyl groups excluding tert-OH is 1. The molecule has 0 spiro atoms. The molecule has 0 unspecified atom stereocenters. The number of aliphatic hydroxyl groups is 1. The number of fused-ring (bicyclic) bond motifs is 6. The van der Waals surface area contributed by atoms with E-state index >= 15 is 0 Å². The minimum Gasteiger partial charge on any atom is -0.497 e. The Hall–Kier alpha value is -4.66. The van der Waals surface area contributed by atoms with Gasteiger partial charge in [0.1, 0.15) is 23.9 Å². The summed E-state index contributed by atoms with van der Waals surface area (Å²) in [5, 5.41) is 10.7. The Morgan fingerprint density at radius 1 is 0.461 bits per heavy atom. The molecule has 1 N–H and O–H groups in total. The highest BCUT2D eigenvalue weighted by Crippen LogP contribution is 2.51. The third-order valence-corrected chi connectivity index (χ3v) is 21.1. The minimum atomic E-state index is -0.274. The van der Waals surface area contributed by atoms with Crippen LogP contribution in [0.3, 0.4) is 0 Å². The molecular weight excluding hydrogens is 935 g/mol. The number of rotatable bonds is 12. The van der Waals surface area contributed by atoms with Crippen LogP contribution in [0.5, 0.6) is 17.2 Å². The van der Waals surface area contributed by atoms with E-state index in [4.69, 9.17) is 14.2 Å². The lowest BCUT2D eigenvalue weighted by atomic mass is 9.83. The number of hydrogen-bond donors (Lipinski definition) is 1. The Kier molecular flexibility index (Phi) is 16.5. The summed E-state index contributed by atoms with van der Waals surface area (Å²) < 4.78 is 17.2. The molecule has 6 saturated carbocycles. The van der Waals surface area contributed by atoms with E-state index in [1.807, 2.05) is 24.3 Å². The molecule has 406 valence electrons. The van der Waals surface area contributed by atoms with Crippen molar-refractivity contribution in [2.45, 2.75) is 158 Å². The van der Waals surface area contributed by atoms with Gasteiger partial charge in [0.25, 0.3) is 0 Å². The van der Waals surface area contributed by atoms with Crippen LogP contribution < -0.4 is 14.2 Å². The van der Waals surface area contributed by atoms with Crippen molar-refractivity contribution in [1.29, 1.82) is 0 Å². The van der Waals surface area contributed by atoms with E-state index in [1.165, 1.54) is 162 Å². The molecule has 5 aromatic carbocycles. The van der Waals surface area contributed by atoms with Crippen LogP contribution in [0.1, 0.15) is 151 Å². The molecule has 6 aliphatic carbocycles. The topological polar surface area (TPSA) is 57.6 Å². The highest BCUT2D eigenvalue weighted by Gasteiger charge is 2.46. The summed E-state index contributed by atoms with van der Waals surface area (Å²) in [5.74, 6) is 10.5. The van der Waals surface area contributed by atoms with Gasteiger partial charge < -0.3 is 29.1 Å². The van der Waals surface area contributed by atoms with Crippen molar-refractivity contribution < 1.29 is 20.7 Å². The molecule has 3 aliphatic heterocycles. The van der Waals surface area contributed by atoms with Crippen LogP contribution in [0.4, 0.5) is 0 Å². The van der Waals surface area contributed by atoms with Gasteiger partial charge in [0.15, 0.2) is 0 Å². The summed E-state index contributed by atoms with van der Waals surface area (Å²) in [6.07, 6.45) is 23.6. The smallest absolute Gasteiger partial charge is 0.123 e. The number of piperidine rings is 3. The quantitative estimate of drug-likeness (QED) is 0.134. The van der Waals surface area contributed by atoms with Crippen molar-refractivity contribution in [1.82, 2.24) is 14.7 Å². The fourth-order valence-electron chi connectivity index (χ4n) is 17.2. The minimum absolute atomic E-state index is 0. The highest BCUT2D eigenvalue weighted by atomic mass is 16.5. The summed E-state index contributed by atoms with van der Waals surface area (Å²) in [4.78, 5) is 8.25. The van der Waals surface area contributed by atoms with Crippen LogP contribution >= 0.6 is 0 Å². The molecule has 3 heterocycles. The maximum absolute atomic E-state index is 10.7. The molecule has 7 heteroatoms. The van der Waals surface area contributed by atoms with E-state index < -0.39 is 0 Å². The number of hydrogen-bond acceptors (Lipinski definition) is 7. The summed E-state index contributed by atoms with van der Waals surface area (Å²) in [7, 11) is 3.46. The van der Waals surface area contributed by atoms with Gasteiger partial charge in [-0.05, 0) is 228 Å². The number of benzene rings is 5. The van der Waals surface area contributed by atoms with Crippen molar-refractivity contribution in [2.75, 3.05) is 53.5 Å². The first kappa shape index (κ1) is 52.1. The normalized spacial score (nSPS) is 31.4. The number of nitrogens with zero attached hydrogens (tertiary/aromatic N) is 3. The number of β-amino-alcohol motifs (C(OH)–C–C–N with tert-alkyl or cyclic N) is 1. The molecular formula is C69H91N3O4. The summed E-state index contributed by atoms with van der Waals surface area (Å²) in [6, 6.07) is 47.4. The fourth-order valence-corrected chi connectivity index (χ4v) is 17.2. The molecule has 7 nitrogen and oxygen atoms in total. The lowest BCUT2D eigenvalue weighted by Crippen LogP contribution is -2.49. The second-order valence-corrected chi connectivity index (χ2v) is 25.2. The van der Waals surface area contributed by atoms with Crippen LogP contribution in [0.15, 0.2) is 127 Å². The van der Waals surface area contributed by atoms with E-state index in [1.54, 1.807) is 14.2 Å². The predicted octanol–water partition coefficient (Wildman–Crippen LogP) is 14.6. The van der Waals surface area contributed by atoms with Gasteiger partial charge in [-0.2, -0.15) is 0 Å². The molecule has 9 aliphatic rings. The fraction of sp³-hybridized carbons (Fsp3) is 0.565. The molecule has 0 aromatic heterocycles. The molecule has 0 amide bonds. The van der Waals surface area contributed by atoms with Crippen molar-refractivity contribution in [2.24, 2.45) is 35.5 Å². The van der Waals surface area contributed by atoms with Crippen molar-refractivity contribution in [3.05, 3.63) is 150 Å². The first-order chi connectivity index (χ1) is 37.4. The number of likely N-dealkylation sites (tertiary alicyclic amines) is 3. The first-order valence-electron chi connectivity index (χ1n) is 30.5. The van der Waals surface area contributed by atoms with Crippen LogP contribution in [-0.4, -0.2) is 97.5 Å². The number of methoxy groups -OCH3 is 2. The van der Waals surface area contributed by atoms with Gasteiger partial charge in [0.05, 0.1) is 20.3 Å². The lowest BCUT2D eigenvalue weighted by Gasteiger charge is -2.42. The molecule has 5 aromatic rings.